The van der Waals surface area contributed by atoms with E-state index in [4.69, 9.17) is 4.52 Å². The molecule has 1 aromatic heterocycles. The highest BCUT2D eigenvalue weighted by molar-refractivity contribution is 7.89. The third-order valence-electron chi connectivity index (χ3n) is 3.28. The Morgan fingerprint density at radius 1 is 1.32 bits per heavy atom. The summed E-state index contributed by atoms with van der Waals surface area (Å²) < 4.78 is 31.5. The molecule has 2 rings (SSSR count). The van der Waals surface area contributed by atoms with Crippen LogP contribution < -0.4 is 0 Å². The van der Waals surface area contributed by atoms with Crippen molar-refractivity contribution in [1.29, 1.82) is 0 Å². The summed E-state index contributed by atoms with van der Waals surface area (Å²) in [6.07, 6.45) is 1.83. The van der Waals surface area contributed by atoms with Gasteiger partial charge in [-0.05, 0) is 13.8 Å². The molecule has 0 radical (unpaired) electrons. The molecule has 19 heavy (non-hydrogen) atoms. The van der Waals surface area contributed by atoms with Crippen molar-refractivity contribution in [1.82, 2.24) is 14.4 Å². The number of rotatable bonds is 4. The number of hydrogen-bond acceptors (Lipinski definition) is 5. The molecule has 1 fully saturated rings. The maximum atomic E-state index is 12.5. The molecule has 0 saturated carbocycles. The van der Waals surface area contributed by atoms with Crippen molar-refractivity contribution in [2.45, 2.75) is 18.7 Å². The topological polar surface area (TPSA) is 66.7 Å². The van der Waals surface area contributed by atoms with Gasteiger partial charge in [-0.25, -0.2) is 8.42 Å². The van der Waals surface area contributed by atoms with Gasteiger partial charge in [0.05, 0.1) is 0 Å². The Morgan fingerprint density at radius 3 is 2.42 bits per heavy atom. The highest BCUT2D eigenvalue weighted by Crippen LogP contribution is 2.24. The highest BCUT2D eigenvalue weighted by atomic mass is 32.2. The second kappa shape index (κ2) is 5.44. The molecule has 6 nitrogen and oxygen atoms in total. The van der Waals surface area contributed by atoms with Crippen LogP contribution in [0.15, 0.2) is 22.1 Å². The van der Waals surface area contributed by atoms with Crippen molar-refractivity contribution in [3.63, 3.8) is 0 Å². The van der Waals surface area contributed by atoms with Gasteiger partial charge in [-0.2, -0.15) is 4.31 Å². The maximum absolute atomic E-state index is 12.5. The van der Waals surface area contributed by atoms with Crippen molar-refractivity contribution in [2.24, 2.45) is 0 Å². The molecule has 0 aromatic carbocycles. The number of hydrogen-bond donors (Lipinski definition) is 0. The Bertz CT molecular complexity index is 537. The van der Waals surface area contributed by atoms with E-state index in [-0.39, 0.29) is 4.90 Å². The van der Waals surface area contributed by atoms with Gasteiger partial charge in [-0.3, -0.25) is 4.90 Å². The van der Waals surface area contributed by atoms with Crippen molar-refractivity contribution in [3.05, 3.63) is 24.1 Å². The third kappa shape index (κ3) is 2.72. The van der Waals surface area contributed by atoms with Crippen LogP contribution in [0.25, 0.3) is 0 Å². The SMILES string of the molecule is C=CCN1CCN(S(=O)(=O)c2c(C)noc2C)CC1. The first kappa shape index (κ1) is 14.2. The van der Waals surface area contributed by atoms with Crippen LogP contribution in [0.5, 0.6) is 0 Å². The number of aryl methyl sites for hydroxylation is 2. The van der Waals surface area contributed by atoms with Gasteiger partial charge in [-0.1, -0.05) is 11.2 Å². The molecule has 0 atom stereocenters. The van der Waals surface area contributed by atoms with E-state index in [1.807, 2.05) is 6.08 Å². The highest BCUT2D eigenvalue weighted by Gasteiger charge is 2.32. The quantitative estimate of drug-likeness (QED) is 0.765. The molecular weight excluding hydrogens is 266 g/mol. The van der Waals surface area contributed by atoms with E-state index in [0.29, 0.717) is 37.6 Å². The predicted molar refractivity (Wildman–Crippen MR) is 71.4 cm³/mol. The summed E-state index contributed by atoms with van der Waals surface area (Å²) in [6, 6.07) is 0. The second-order valence-corrected chi connectivity index (χ2v) is 6.52. The van der Waals surface area contributed by atoms with Crippen LogP contribution in [0.1, 0.15) is 11.5 Å². The van der Waals surface area contributed by atoms with E-state index in [9.17, 15) is 8.42 Å². The largest absolute Gasteiger partial charge is 0.360 e. The minimum absolute atomic E-state index is 0.213. The Kier molecular flexibility index (Phi) is 4.07. The molecule has 7 heteroatoms. The lowest BCUT2D eigenvalue weighted by Gasteiger charge is -2.33. The summed E-state index contributed by atoms with van der Waals surface area (Å²) in [5.74, 6) is 0.353. The zero-order valence-electron chi connectivity index (χ0n) is 11.3. The average molecular weight is 285 g/mol. The van der Waals surface area contributed by atoms with Crippen LogP contribution in [0.4, 0.5) is 0 Å². The van der Waals surface area contributed by atoms with Crippen molar-refractivity contribution < 1.29 is 12.9 Å². The normalized spacial score (nSPS) is 18.6. The van der Waals surface area contributed by atoms with Crippen molar-refractivity contribution >= 4 is 10.0 Å². The number of nitrogens with zero attached hydrogens (tertiary/aromatic N) is 3. The smallest absolute Gasteiger partial charge is 0.248 e. The first-order valence-electron chi connectivity index (χ1n) is 6.23. The summed E-state index contributed by atoms with van der Waals surface area (Å²) in [5.41, 5.74) is 0.422. The van der Waals surface area contributed by atoms with Crippen LogP contribution in [0.3, 0.4) is 0 Å². The van der Waals surface area contributed by atoms with Gasteiger partial charge < -0.3 is 4.52 Å². The summed E-state index contributed by atoms with van der Waals surface area (Å²) in [5, 5.41) is 3.72. The van der Waals surface area contributed by atoms with Gasteiger partial charge in [0.2, 0.25) is 10.0 Å². The number of aromatic nitrogens is 1. The Hall–Kier alpha value is -1.18. The maximum Gasteiger partial charge on any atom is 0.248 e. The first-order chi connectivity index (χ1) is 8.96. The van der Waals surface area contributed by atoms with E-state index in [2.05, 4.69) is 16.6 Å². The van der Waals surface area contributed by atoms with Gasteiger partial charge >= 0.3 is 0 Å². The second-order valence-electron chi connectivity index (χ2n) is 4.65. The average Bonchev–Trinajstić information content (AvgIpc) is 2.70. The third-order valence-corrected chi connectivity index (χ3v) is 5.43. The van der Waals surface area contributed by atoms with Crippen molar-refractivity contribution in [3.8, 4) is 0 Å². The molecule has 1 aliphatic rings. The molecule has 0 bridgehead atoms. The van der Waals surface area contributed by atoms with E-state index in [0.717, 1.165) is 6.54 Å². The minimum atomic E-state index is -3.49. The van der Waals surface area contributed by atoms with Crippen LogP contribution in [0.2, 0.25) is 0 Å². The van der Waals surface area contributed by atoms with E-state index < -0.39 is 10.0 Å². The summed E-state index contributed by atoms with van der Waals surface area (Å²) >= 11 is 0. The lowest BCUT2D eigenvalue weighted by molar-refractivity contribution is 0.204. The Labute approximate surface area is 113 Å². The number of piperazine rings is 1. The Balaban J connectivity index is 2.17. The van der Waals surface area contributed by atoms with Crippen LogP contribution in [-0.2, 0) is 10.0 Å². The van der Waals surface area contributed by atoms with Crippen LogP contribution >= 0.6 is 0 Å². The fraction of sp³-hybridized carbons (Fsp3) is 0.583. The standard InChI is InChI=1S/C12H19N3O3S/c1-4-5-14-6-8-15(9-7-14)19(16,17)12-10(2)13-18-11(12)3/h4H,1,5-9H2,2-3H3. The molecule has 2 heterocycles. The lowest BCUT2D eigenvalue weighted by Crippen LogP contribution is -2.48. The minimum Gasteiger partial charge on any atom is -0.360 e. The summed E-state index contributed by atoms with van der Waals surface area (Å²) in [7, 11) is -3.49. The molecule has 0 N–H and O–H groups in total. The van der Waals surface area contributed by atoms with Crippen LogP contribution in [-0.4, -0.2) is 55.5 Å². The molecule has 0 spiro atoms. The van der Waals surface area contributed by atoms with E-state index >= 15 is 0 Å². The molecular formula is C12H19N3O3S. The molecule has 106 valence electrons. The van der Waals surface area contributed by atoms with Gasteiger partial charge in [0, 0.05) is 32.7 Å². The monoisotopic (exact) mass is 285 g/mol. The zero-order chi connectivity index (χ0) is 14.0. The zero-order valence-corrected chi connectivity index (χ0v) is 12.1. The van der Waals surface area contributed by atoms with Gasteiger partial charge in [-0.15, -0.1) is 6.58 Å². The van der Waals surface area contributed by atoms with Gasteiger partial charge in [0.1, 0.15) is 10.6 Å². The fourth-order valence-electron chi connectivity index (χ4n) is 2.31. The molecule has 0 amide bonds. The molecule has 1 saturated heterocycles. The Morgan fingerprint density at radius 2 is 1.95 bits per heavy atom. The molecule has 0 aliphatic carbocycles. The molecule has 1 aliphatic heterocycles. The van der Waals surface area contributed by atoms with Crippen LogP contribution in [0, 0.1) is 13.8 Å². The predicted octanol–water partition coefficient (Wildman–Crippen LogP) is 0.784. The fourth-order valence-corrected chi connectivity index (χ4v) is 4.02. The van der Waals surface area contributed by atoms with Crippen molar-refractivity contribution in [2.75, 3.05) is 32.7 Å². The summed E-state index contributed by atoms with van der Waals surface area (Å²) in [4.78, 5) is 2.39. The van der Waals surface area contributed by atoms with E-state index in [1.165, 1.54) is 4.31 Å². The molecule has 0 unspecified atom stereocenters. The first-order valence-corrected chi connectivity index (χ1v) is 7.67. The summed E-state index contributed by atoms with van der Waals surface area (Å²) in [6.45, 7) is 10.2. The molecule has 1 aromatic rings. The van der Waals surface area contributed by atoms with Gasteiger partial charge in [0.15, 0.2) is 5.76 Å². The number of sulfonamides is 1. The lowest BCUT2D eigenvalue weighted by atomic mass is 10.3. The van der Waals surface area contributed by atoms with Gasteiger partial charge in [0.25, 0.3) is 0 Å². The van der Waals surface area contributed by atoms with E-state index in [1.54, 1.807) is 13.8 Å².